The highest BCUT2D eigenvalue weighted by Gasteiger charge is 2.36. The van der Waals surface area contributed by atoms with Gasteiger partial charge in [0.2, 0.25) is 0 Å². The van der Waals surface area contributed by atoms with Crippen LogP contribution >= 0.6 is 0 Å². The van der Waals surface area contributed by atoms with Crippen molar-refractivity contribution < 1.29 is 9.84 Å². The molecule has 0 radical (unpaired) electrons. The number of para-hydroxylation sites is 1. The van der Waals surface area contributed by atoms with Crippen molar-refractivity contribution in [1.29, 1.82) is 0 Å². The molecule has 0 bridgehead atoms. The zero-order chi connectivity index (χ0) is 14.7. The largest absolute Gasteiger partial charge is 0.496 e. The minimum Gasteiger partial charge on any atom is -0.496 e. The first-order valence-electron chi connectivity index (χ1n) is 8.33. The number of aliphatic hydroxyl groups excluding tert-OH is 1. The zero-order valence-corrected chi connectivity index (χ0v) is 13.0. The second-order valence-electron chi connectivity index (χ2n) is 6.51. The van der Waals surface area contributed by atoms with E-state index in [1.807, 2.05) is 12.1 Å². The van der Waals surface area contributed by atoms with Crippen LogP contribution in [0.4, 0.5) is 0 Å². The Morgan fingerprint density at radius 2 is 2.00 bits per heavy atom. The minimum absolute atomic E-state index is 0.0896. The van der Waals surface area contributed by atoms with Gasteiger partial charge in [-0.2, -0.15) is 0 Å². The molecule has 1 N–H and O–H groups in total. The van der Waals surface area contributed by atoms with Crippen LogP contribution in [-0.4, -0.2) is 35.8 Å². The Balaban J connectivity index is 1.75. The average Bonchev–Trinajstić information content (AvgIpc) is 2.94. The number of hydrogen-bond donors (Lipinski definition) is 1. The molecular weight excluding hydrogens is 262 g/mol. The van der Waals surface area contributed by atoms with E-state index in [0.717, 1.165) is 25.3 Å². The van der Waals surface area contributed by atoms with Gasteiger partial charge in [-0.25, -0.2) is 0 Å². The Morgan fingerprint density at radius 1 is 1.14 bits per heavy atom. The van der Waals surface area contributed by atoms with Crippen LogP contribution in [0.3, 0.4) is 0 Å². The molecule has 1 aliphatic heterocycles. The molecule has 3 atom stereocenters. The number of aliphatic hydroxyl groups is 1. The summed E-state index contributed by atoms with van der Waals surface area (Å²) in [6, 6.07) is 8.85. The van der Waals surface area contributed by atoms with Crippen molar-refractivity contribution in [2.75, 3.05) is 13.7 Å². The second kappa shape index (κ2) is 6.80. The summed E-state index contributed by atoms with van der Waals surface area (Å²) >= 11 is 0. The topological polar surface area (TPSA) is 32.7 Å². The summed E-state index contributed by atoms with van der Waals surface area (Å²) in [5, 5.41) is 10.3. The second-order valence-corrected chi connectivity index (χ2v) is 6.51. The number of piperidine rings is 1. The number of hydrogen-bond acceptors (Lipinski definition) is 3. The van der Waals surface area contributed by atoms with Gasteiger partial charge in [-0.05, 0) is 38.3 Å². The van der Waals surface area contributed by atoms with E-state index in [4.69, 9.17) is 4.74 Å². The van der Waals surface area contributed by atoms with Crippen LogP contribution in [0, 0.1) is 5.92 Å². The third-order valence-electron chi connectivity index (χ3n) is 5.26. The van der Waals surface area contributed by atoms with Crippen LogP contribution in [0.1, 0.15) is 44.1 Å². The van der Waals surface area contributed by atoms with E-state index in [0.29, 0.717) is 12.0 Å². The first-order valence-corrected chi connectivity index (χ1v) is 8.33. The third-order valence-corrected chi connectivity index (χ3v) is 5.26. The van der Waals surface area contributed by atoms with Gasteiger partial charge in [0.15, 0.2) is 0 Å². The van der Waals surface area contributed by atoms with Crippen molar-refractivity contribution in [2.45, 2.75) is 57.2 Å². The summed E-state index contributed by atoms with van der Waals surface area (Å²) in [6.45, 7) is 2.09. The molecule has 1 aromatic rings. The fraction of sp³-hybridized carbons (Fsp3) is 0.667. The molecule has 2 fully saturated rings. The lowest BCUT2D eigenvalue weighted by molar-refractivity contribution is 0.0310. The number of rotatable bonds is 4. The van der Waals surface area contributed by atoms with Crippen LogP contribution in [0.2, 0.25) is 0 Å². The maximum Gasteiger partial charge on any atom is 0.123 e. The molecule has 3 rings (SSSR count). The van der Waals surface area contributed by atoms with Crippen LogP contribution in [0.15, 0.2) is 24.3 Å². The van der Waals surface area contributed by atoms with E-state index in [9.17, 15) is 5.11 Å². The van der Waals surface area contributed by atoms with Gasteiger partial charge in [0, 0.05) is 24.1 Å². The maximum absolute atomic E-state index is 10.3. The maximum atomic E-state index is 10.3. The first kappa shape index (κ1) is 14.9. The number of likely N-dealkylation sites (tertiary alicyclic amines) is 1. The molecule has 0 spiro atoms. The molecule has 3 unspecified atom stereocenters. The Morgan fingerprint density at radius 3 is 2.76 bits per heavy atom. The molecule has 0 amide bonds. The first-order chi connectivity index (χ1) is 10.3. The molecule has 1 saturated heterocycles. The quantitative estimate of drug-likeness (QED) is 0.924. The lowest BCUT2D eigenvalue weighted by atomic mass is 9.87. The highest BCUT2D eigenvalue weighted by molar-refractivity contribution is 5.33. The van der Waals surface area contributed by atoms with Gasteiger partial charge in [0.1, 0.15) is 5.75 Å². The summed E-state index contributed by atoms with van der Waals surface area (Å²) in [6.07, 6.45) is 7.08. The standard InChI is InChI=1S/C18H27NO2/c1-21-18-11-3-2-7-14(18)13-19-12-5-4-9-16(19)15-8-6-10-17(15)20/h2-3,7,11,15-17,20H,4-6,8-10,12-13H2,1H3. The fourth-order valence-electron chi connectivity index (χ4n) is 4.17. The Bertz CT molecular complexity index is 462. The molecule has 21 heavy (non-hydrogen) atoms. The molecule has 1 heterocycles. The van der Waals surface area contributed by atoms with Crippen LogP contribution in [0.5, 0.6) is 5.75 Å². The van der Waals surface area contributed by atoms with E-state index < -0.39 is 0 Å². The highest BCUT2D eigenvalue weighted by Crippen LogP contribution is 2.36. The van der Waals surface area contributed by atoms with Crippen LogP contribution < -0.4 is 4.74 Å². The van der Waals surface area contributed by atoms with Gasteiger partial charge in [-0.15, -0.1) is 0 Å². The van der Waals surface area contributed by atoms with Crippen LogP contribution in [-0.2, 0) is 6.54 Å². The monoisotopic (exact) mass is 289 g/mol. The zero-order valence-electron chi connectivity index (χ0n) is 13.0. The summed E-state index contributed by atoms with van der Waals surface area (Å²) in [7, 11) is 1.74. The predicted octanol–water partition coefficient (Wildman–Crippen LogP) is 3.21. The van der Waals surface area contributed by atoms with Crippen molar-refractivity contribution in [1.82, 2.24) is 4.90 Å². The van der Waals surface area contributed by atoms with Gasteiger partial charge < -0.3 is 9.84 Å². The SMILES string of the molecule is COc1ccccc1CN1CCCCC1C1CCCC1O. The van der Waals surface area contributed by atoms with Gasteiger partial charge in [-0.1, -0.05) is 31.0 Å². The van der Waals surface area contributed by atoms with Crippen LogP contribution in [0.25, 0.3) is 0 Å². The van der Waals surface area contributed by atoms with Gasteiger partial charge in [0.05, 0.1) is 13.2 Å². The van der Waals surface area contributed by atoms with Gasteiger partial charge >= 0.3 is 0 Å². The average molecular weight is 289 g/mol. The van der Waals surface area contributed by atoms with E-state index in [1.54, 1.807) is 7.11 Å². The third kappa shape index (κ3) is 3.24. The van der Waals surface area contributed by atoms with Crippen molar-refractivity contribution in [2.24, 2.45) is 5.92 Å². The molecule has 2 aliphatic rings. The molecule has 3 nitrogen and oxygen atoms in total. The van der Waals surface area contributed by atoms with Crippen molar-refractivity contribution in [3.63, 3.8) is 0 Å². The van der Waals surface area contributed by atoms with Crippen molar-refractivity contribution in [3.8, 4) is 5.75 Å². The lowest BCUT2D eigenvalue weighted by Gasteiger charge is -2.40. The number of nitrogens with zero attached hydrogens (tertiary/aromatic N) is 1. The van der Waals surface area contributed by atoms with E-state index in [-0.39, 0.29) is 6.10 Å². The minimum atomic E-state index is -0.0896. The smallest absolute Gasteiger partial charge is 0.123 e. The predicted molar refractivity (Wildman–Crippen MR) is 84.4 cm³/mol. The molecule has 116 valence electrons. The van der Waals surface area contributed by atoms with E-state index in [2.05, 4.69) is 17.0 Å². The number of methoxy groups -OCH3 is 1. The molecule has 3 heteroatoms. The number of ether oxygens (including phenoxy) is 1. The normalized spacial score (nSPS) is 30.5. The summed E-state index contributed by atoms with van der Waals surface area (Å²) in [5.74, 6) is 1.45. The molecular formula is C18H27NO2. The molecule has 1 aromatic carbocycles. The molecule has 1 saturated carbocycles. The Hall–Kier alpha value is -1.06. The molecule has 1 aliphatic carbocycles. The lowest BCUT2D eigenvalue weighted by Crippen LogP contribution is -2.45. The summed E-state index contributed by atoms with van der Waals surface area (Å²) < 4.78 is 5.49. The highest BCUT2D eigenvalue weighted by atomic mass is 16.5. The Labute approximate surface area is 127 Å². The van der Waals surface area contributed by atoms with Crippen molar-refractivity contribution >= 4 is 0 Å². The molecule has 0 aromatic heterocycles. The van der Waals surface area contributed by atoms with Crippen molar-refractivity contribution in [3.05, 3.63) is 29.8 Å². The Kier molecular flexibility index (Phi) is 4.81. The number of benzene rings is 1. The summed E-state index contributed by atoms with van der Waals surface area (Å²) in [4.78, 5) is 2.58. The summed E-state index contributed by atoms with van der Waals surface area (Å²) in [5.41, 5.74) is 1.26. The van der Waals surface area contributed by atoms with Gasteiger partial charge in [-0.3, -0.25) is 4.90 Å². The van der Waals surface area contributed by atoms with E-state index in [1.165, 1.54) is 37.7 Å². The van der Waals surface area contributed by atoms with Gasteiger partial charge in [0.25, 0.3) is 0 Å². The fourth-order valence-corrected chi connectivity index (χ4v) is 4.17. The van der Waals surface area contributed by atoms with E-state index >= 15 is 0 Å².